The van der Waals surface area contributed by atoms with Crippen LogP contribution in [0.25, 0.3) is 0 Å². The van der Waals surface area contributed by atoms with Crippen molar-refractivity contribution in [1.29, 1.82) is 5.26 Å². The van der Waals surface area contributed by atoms with Gasteiger partial charge >= 0.3 is 0 Å². The molecule has 0 fully saturated rings. The number of carbonyl (C=O) groups is 1. The number of aryl methyl sites for hydroxylation is 1. The van der Waals surface area contributed by atoms with Crippen molar-refractivity contribution < 1.29 is 4.79 Å². The monoisotopic (exact) mass is 221 g/mol. The van der Waals surface area contributed by atoms with Gasteiger partial charge in [0.2, 0.25) is 0 Å². The lowest BCUT2D eigenvalue weighted by Crippen LogP contribution is -2.31. The van der Waals surface area contributed by atoms with Gasteiger partial charge in [0.05, 0.1) is 17.7 Å². The number of nitrogen functional groups attached to an aromatic ring is 1. The Morgan fingerprint density at radius 2 is 2.44 bits per heavy atom. The minimum absolute atomic E-state index is 0.209. The summed E-state index contributed by atoms with van der Waals surface area (Å²) in [5.41, 5.74) is 6.23. The van der Waals surface area contributed by atoms with Crippen LogP contribution in [0.3, 0.4) is 0 Å². The first-order valence-corrected chi connectivity index (χ1v) is 4.90. The smallest absolute Gasteiger partial charge is 0.276 e. The molecule has 0 spiro atoms. The van der Waals surface area contributed by atoms with Crippen LogP contribution in [0, 0.1) is 17.2 Å². The molecule has 1 amide bonds. The van der Waals surface area contributed by atoms with Crippen LogP contribution in [0.5, 0.6) is 0 Å². The van der Waals surface area contributed by atoms with E-state index in [-0.39, 0.29) is 17.5 Å². The maximum Gasteiger partial charge on any atom is 0.276 e. The van der Waals surface area contributed by atoms with Gasteiger partial charge < -0.3 is 10.6 Å². The summed E-state index contributed by atoms with van der Waals surface area (Å²) in [5.74, 6) is -0.473. The standard InChI is InChI=1S/C10H15N5O/c1-7(4-11)5-14(2)10(16)9-8(12)6-15(3)13-9/h6-7H,5,12H2,1-3H3. The second kappa shape index (κ2) is 4.66. The van der Waals surface area contributed by atoms with Crippen LogP contribution in [0.15, 0.2) is 6.20 Å². The topological polar surface area (TPSA) is 87.9 Å². The maximum absolute atomic E-state index is 11.9. The Bertz CT molecular complexity index is 431. The highest BCUT2D eigenvalue weighted by atomic mass is 16.2. The second-order valence-electron chi connectivity index (χ2n) is 3.82. The molecule has 0 aliphatic rings. The number of rotatable bonds is 3. The Hall–Kier alpha value is -2.03. The molecule has 0 aliphatic carbocycles. The SMILES string of the molecule is CC(C#N)CN(C)C(=O)c1nn(C)cc1N. The van der Waals surface area contributed by atoms with Crippen molar-refractivity contribution in [2.75, 3.05) is 19.3 Å². The number of aromatic nitrogens is 2. The highest BCUT2D eigenvalue weighted by Gasteiger charge is 2.19. The Morgan fingerprint density at radius 1 is 1.81 bits per heavy atom. The summed E-state index contributed by atoms with van der Waals surface area (Å²) in [4.78, 5) is 13.3. The third-order valence-corrected chi connectivity index (χ3v) is 2.17. The van der Waals surface area contributed by atoms with Crippen molar-refractivity contribution in [1.82, 2.24) is 14.7 Å². The summed E-state index contributed by atoms with van der Waals surface area (Å²) in [6, 6.07) is 2.07. The van der Waals surface area contributed by atoms with Gasteiger partial charge in [-0.1, -0.05) is 0 Å². The molecule has 1 aromatic heterocycles. The molecule has 1 heterocycles. The Balaban J connectivity index is 2.79. The van der Waals surface area contributed by atoms with Crippen LogP contribution in [0.2, 0.25) is 0 Å². The van der Waals surface area contributed by atoms with Gasteiger partial charge in [-0.15, -0.1) is 0 Å². The number of nitrogens with two attached hydrogens (primary N) is 1. The van der Waals surface area contributed by atoms with Crippen LogP contribution < -0.4 is 5.73 Å². The fourth-order valence-electron chi connectivity index (χ4n) is 1.39. The predicted octanol–water partition coefficient (Wildman–Crippen LogP) is 0.234. The highest BCUT2D eigenvalue weighted by molar-refractivity contribution is 5.96. The molecule has 86 valence electrons. The Kier molecular flexibility index (Phi) is 3.51. The molecule has 0 bridgehead atoms. The minimum atomic E-state index is -0.264. The van der Waals surface area contributed by atoms with E-state index in [1.165, 1.54) is 9.58 Å². The summed E-state index contributed by atoms with van der Waals surface area (Å²) in [5, 5.41) is 12.6. The van der Waals surface area contributed by atoms with E-state index >= 15 is 0 Å². The molecule has 0 aliphatic heterocycles. The van der Waals surface area contributed by atoms with Crippen LogP contribution >= 0.6 is 0 Å². The van der Waals surface area contributed by atoms with E-state index in [4.69, 9.17) is 11.0 Å². The molecule has 2 N–H and O–H groups in total. The number of amides is 1. The van der Waals surface area contributed by atoms with Gasteiger partial charge in [-0.2, -0.15) is 10.4 Å². The van der Waals surface area contributed by atoms with Gasteiger partial charge in [0.15, 0.2) is 5.69 Å². The van der Waals surface area contributed by atoms with Gasteiger partial charge in [-0.3, -0.25) is 9.48 Å². The van der Waals surface area contributed by atoms with Crippen LogP contribution in [0.4, 0.5) is 5.69 Å². The molecule has 0 saturated heterocycles. The minimum Gasteiger partial charge on any atom is -0.396 e. The lowest BCUT2D eigenvalue weighted by atomic mass is 10.2. The van der Waals surface area contributed by atoms with Crippen molar-refractivity contribution in [3.63, 3.8) is 0 Å². The molecule has 1 unspecified atom stereocenters. The molecule has 1 atom stereocenters. The average molecular weight is 221 g/mol. The molecule has 0 aromatic carbocycles. The van der Waals surface area contributed by atoms with Crippen molar-refractivity contribution in [2.24, 2.45) is 13.0 Å². The number of hydrogen-bond donors (Lipinski definition) is 1. The van der Waals surface area contributed by atoms with Crippen LogP contribution in [-0.2, 0) is 7.05 Å². The first-order valence-electron chi connectivity index (χ1n) is 4.90. The molecule has 0 radical (unpaired) electrons. The van der Waals surface area contributed by atoms with Crippen LogP contribution in [-0.4, -0.2) is 34.2 Å². The van der Waals surface area contributed by atoms with Crippen molar-refractivity contribution >= 4 is 11.6 Å². The molecule has 16 heavy (non-hydrogen) atoms. The lowest BCUT2D eigenvalue weighted by molar-refractivity contribution is 0.0779. The zero-order valence-corrected chi connectivity index (χ0v) is 9.64. The van der Waals surface area contributed by atoms with Gasteiger partial charge in [-0.25, -0.2) is 0 Å². The largest absolute Gasteiger partial charge is 0.396 e. The number of carbonyl (C=O) groups excluding carboxylic acids is 1. The van der Waals surface area contributed by atoms with Crippen molar-refractivity contribution in [3.8, 4) is 6.07 Å². The zero-order chi connectivity index (χ0) is 12.3. The van der Waals surface area contributed by atoms with Gasteiger partial charge in [-0.05, 0) is 6.92 Å². The van der Waals surface area contributed by atoms with E-state index in [0.717, 1.165) is 0 Å². The van der Waals surface area contributed by atoms with Gasteiger partial charge in [0.25, 0.3) is 5.91 Å². The van der Waals surface area contributed by atoms with E-state index < -0.39 is 0 Å². The van der Waals surface area contributed by atoms with E-state index in [9.17, 15) is 4.79 Å². The van der Waals surface area contributed by atoms with Crippen molar-refractivity contribution in [3.05, 3.63) is 11.9 Å². The fourth-order valence-corrected chi connectivity index (χ4v) is 1.39. The summed E-state index contributed by atoms with van der Waals surface area (Å²) in [7, 11) is 3.33. The summed E-state index contributed by atoms with van der Waals surface area (Å²) >= 11 is 0. The average Bonchev–Trinajstić information content (AvgIpc) is 2.56. The maximum atomic E-state index is 11.9. The fraction of sp³-hybridized carbons (Fsp3) is 0.500. The Morgan fingerprint density at radius 3 is 2.88 bits per heavy atom. The van der Waals surface area contributed by atoms with E-state index in [1.807, 2.05) is 0 Å². The molecule has 0 saturated carbocycles. The third kappa shape index (κ3) is 2.51. The molecule has 6 heteroatoms. The second-order valence-corrected chi connectivity index (χ2v) is 3.82. The summed E-state index contributed by atoms with van der Waals surface area (Å²) in [6.07, 6.45) is 1.58. The first kappa shape index (κ1) is 12.0. The molecule has 1 rings (SSSR count). The summed E-state index contributed by atoms with van der Waals surface area (Å²) < 4.78 is 1.49. The highest BCUT2D eigenvalue weighted by Crippen LogP contribution is 2.11. The first-order chi connectivity index (χ1) is 7.45. The quantitative estimate of drug-likeness (QED) is 0.791. The van der Waals surface area contributed by atoms with Crippen LogP contribution in [0.1, 0.15) is 17.4 Å². The van der Waals surface area contributed by atoms with Gasteiger partial charge in [0.1, 0.15) is 0 Å². The van der Waals surface area contributed by atoms with E-state index in [1.54, 1.807) is 27.2 Å². The Labute approximate surface area is 94.2 Å². The third-order valence-electron chi connectivity index (χ3n) is 2.17. The number of hydrogen-bond acceptors (Lipinski definition) is 4. The number of nitrogens with zero attached hydrogens (tertiary/aromatic N) is 4. The molecule has 6 nitrogen and oxygen atoms in total. The number of anilines is 1. The molecular weight excluding hydrogens is 206 g/mol. The number of nitriles is 1. The van der Waals surface area contributed by atoms with E-state index in [0.29, 0.717) is 12.2 Å². The van der Waals surface area contributed by atoms with Gasteiger partial charge in [0, 0.05) is 26.8 Å². The summed E-state index contributed by atoms with van der Waals surface area (Å²) in [6.45, 7) is 2.12. The van der Waals surface area contributed by atoms with E-state index in [2.05, 4.69) is 11.2 Å². The zero-order valence-electron chi connectivity index (χ0n) is 9.64. The lowest BCUT2D eigenvalue weighted by Gasteiger charge is -2.17. The van der Waals surface area contributed by atoms with Crippen molar-refractivity contribution in [2.45, 2.75) is 6.92 Å². The molecular formula is C10H15N5O. The molecule has 1 aromatic rings. The predicted molar refractivity (Wildman–Crippen MR) is 59.4 cm³/mol. The normalized spacial score (nSPS) is 11.9.